The second kappa shape index (κ2) is 7.87. The fraction of sp³-hybridized carbons (Fsp3) is 0.579. The van der Waals surface area contributed by atoms with Crippen LogP contribution in [0, 0.1) is 0 Å². The largest absolute Gasteiger partial charge is 0.338 e. The lowest BCUT2D eigenvalue weighted by Crippen LogP contribution is -2.40. The van der Waals surface area contributed by atoms with Crippen LogP contribution in [0.5, 0.6) is 0 Å². The van der Waals surface area contributed by atoms with E-state index in [1.165, 1.54) is 0 Å². The van der Waals surface area contributed by atoms with Gasteiger partial charge in [-0.05, 0) is 63.4 Å². The molecule has 1 atom stereocenters. The lowest BCUT2D eigenvalue weighted by atomic mass is 10.1. The summed E-state index contributed by atoms with van der Waals surface area (Å²) >= 11 is 0. The van der Waals surface area contributed by atoms with Crippen molar-refractivity contribution in [2.45, 2.75) is 45.6 Å². The van der Waals surface area contributed by atoms with Gasteiger partial charge in [0.15, 0.2) is 0 Å². The average Bonchev–Trinajstić information content (AvgIpc) is 3.22. The molecule has 2 aliphatic rings. The fourth-order valence-corrected chi connectivity index (χ4v) is 3.82. The zero-order valence-corrected chi connectivity index (χ0v) is 15.2. The third-order valence-corrected chi connectivity index (χ3v) is 5.00. The molecule has 6 nitrogen and oxygen atoms in total. The van der Waals surface area contributed by atoms with Crippen molar-refractivity contribution in [3.63, 3.8) is 0 Å². The van der Waals surface area contributed by atoms with Gasteiger partial charge in [0.05, 0.1) is 11.7 Å². The van der Waals surface area contributed by atoms with Crippen molar-refractivity contribution in [2.75, 3.05) is 36.4 Å². The quantitative estimate of drug-likeness (QED) is 0.863. The van der Waals surface area contributed by atoms with Crippen LogP contribution in [0.3, 0.4) is 0 Å². The first kappa shape index (κ1) is 17.7. The standard InChI is InChI=1S/C19H28N4O2/c1-3-10-22-11-5-6-16(22)18(24)21-15-8-7-14-9-12-23(17(14)13-15)19(25)20-4-2/h7-8,13,16H,3-6,9-12H2,1-2H3,(H,20,25)(H,21,24)/t16-/m1/s1. The maximum absolute atomic E-state index is 12.7. The highest BCUT2D eigenvalue weighted by Crippen LogP contribution is 2.31. The van der Waals surface area contributed by atoms with Crippen LogP contribution in [-0.2, 0) is 11.2 Å². The molecule has 1 saturated heterocycles. The highest BCUT2D eigenvalue weighted by Gasteiger charge is 2.30. The van der Waals surface area contributed by atoms with Gasteiger partial charge in [0.25, 0.3) is 0 Å². The molecule has 1 aromatic rings. The van der Waals surface area contributed by atoms with Crippen LogP contribution in [0.25, 0.3) is 0 Å². The van der Waals surface area contributed by atoms with Gasteiger partial charge in [0.2, 0.25) is 5.91 Å². The van der Waals surface area contributed by atoms with Crippen molar-refractivity contribution in [2.24, 2.45) is 0 Å². The summed E-state index contributed by atoms with van der Waals surface area (Å²) in [6.07, 6.45) is 3.91. The van der Waals surface area contributed by atoms with Crippen molar-refractivity contribution in [1.29, 1.82) is 0 Å². The third kappa shape index (κ3) is 3.79. The third-order valence-electron chi connectivity index (χ3n) is 5.00. The molecule has 0 unspecified atom stereocenters. The maximum atomic E-state index is 12.7. The monoisotopic (exact) mass is 344 g/mol. The van der Waals surface area contributed by atoms with Gasteiger partial charge in [-0.15, -0.1) is 0 Å². The van der Waals surface area contributed by atoms with Gasteiger partial charge in [-0.2, -0.15) is 0 Å². The minimum atomic E-state index is -0.0744. The van der Waals surface area contributed by atoms with Crippen LogP contribution >= 0.6 is 0 Å². The molecule has 136 valence electrons. The Kier molecular flexibility index (Phi) is 5.58. The van der Waals surface area contributed by atoms with E-state index in [4.69, 9.17) is 0 Å². The molecular formula is C19H28N4O2. The zero-order valence-electron chi connectivity index (χ0n) is 15.2. The number of rotatable bonds is 5. The Morgan fingerprint density at radius 2 is 2.08 bits per heavy atom. The van der Waals surface area contributed by atoms with E-state index < -0.39 is 0 Å². The van der Waals surface area contributed by atoms with E-state index >= 15 is 0 Å². The fourth-order valence-electron chi connectivity index (χ4n) is 3.82. The molecule has 0 bridgehead atoms. The molecule has 0 spiro atoms. The Bertz CT molecular complexity index is 646. The summed E-state index contributed by atoms with van der Waals surface area (Å²) in [4.78, 5) is 28.9. The molecule has 2 heterocycles. The second-order valence-electron chi connectivity index (χ2n) is 6.76. The number of hydrogen-bond donors (Lipinski definition) is 2. The summed E-state index contributed by atoms with van der Waals surface area (Å²) in [6, 6.07) is 5.77. The van der Waals surface area contributed by atoms with Gasteiger partial charge in [-0.1, -0.05) is 13.0 Å². The molecule has 6 heteroatoms. The molecule has 25 heavy (non-hydrogen) atoms. The number of hydrogen-bond acceptors (Lipinski definition) is 3. The molecule has 1 aromatic carbocycles. The summed E-state index contributed by atoms with van der Waals surface area (Å²) in [7, 11) is 0. The number of fused-ring (bicyclic) bond motifs is 1. The van der Waals surface area contributed by atoms with Crippen molar-refractivity contribution in [3.05, 3.63) is 23.8 Å². The number of amides is 3. The molecule has 3 rings (SSSR count). The molecule has 0 saturated carbocycles. The van der Waals surface area contributed by atoms with Gasteiger partial charge >= 0.3 is 6.03 Å². The van der Waals surface area contributed by atoms with Gasteiger partial charge < -0.3 is 10.6 Å². The van der Waals surface area contributed by atoms with E-state index in [1.807, 2.05) is 25.1 Å². The van der Waals surface area contributed by atoms with Crippen LogP contribution in [0.2, 0.25) is 0 Å². The summed E-state index contributed by atoms with van der Waals surface area (Å²) < 4.78 is 0. The molecule has 2 N–H and O–H groups in total. The Morgan fingerprint density at radius 1 is 1.24 bits per heavy atom. The Balaban J connectivity index is 1.71. The van der Waals surface area contributed by atoms with Crippen LogP contribution in [-0.4, -0.2) is 49.1 Å². The SMILES string of the molecule is CCCN1CCC[C@@H]1C(=O)Nc1ccc2c(c1)N(C(=O)NCC)CC2. The predicted octanol–water partition coefficient (Wildman–Crippen LogP) is 2.59. The Morgan fingerprint density at radius 3 is 2.84 bits per heavy atom. The van der Waals surface area contributed by atoms with Gasteiger partial charge in [-0.3, -0.25) is 14.6 Å². The van der Waals surface area contributed by atoms with Crippen molar-refractivity contribution < 1.29 is 9.59 Å². The van der Waals surface area contributed by atoms with Crippen molar-refractivity contribution >= 4 is 23.3 Å². The number of anilines is 2. The van der Waals surface area contributed by atoms with E-state index in [0.29, 0.717) is 13.1 Å². The lowest BCUT2D eigenvalue weighted by molar-refractivity contribution is -0.120. The first-order valence-corrected chi connectivity index (χ1v) is 9.37. The van der Waals surface area contributed by atoms with Crippen LogP contribution in [0.4, 0.5) is 16.2 Å². The first-order chi connectivity index (χ1) is 12.1. The molecule has 0 aromatic heterocycles. The normalized spacial score (nSPS) is 19.8. The highest BCUT2D eigenvalue weighted by atomic mass is 16.2. The number of urea groups is 1. The van der Waals surface area contributed by atoms with Crippen molar-refractivity contribution in [3.8, 4) is 0 Å². The number of nitrogens with zero attached hydrogens (tertiary/aromatic N) is 2. The van der Waals surface area contributed by atoms with Gasteiger partial charge in [0.1, 0.15) is 0 Å². The molecule has 0 aliphatic carbocycles. The van der Waals surface area contributed by atoms with Crippen molar-refractivity contribution in [1.82, 2.24) is 10.2 Å². The Hall–Kier alpha value is -2.08. The maximum Gasteiger partial charge on any atom is 0.321 e. The summed E-state index contributed by atoms with van der Waals surface area (Å²) in [6.45, 7) is 7.31. The first-order valence-electron chi connectivity index (χ1n) is 9.37. The summed E-state index contributed by atoms with van der Waals surface area (Å²) in [5, 5.41) is 5.90. The minimum absolute atomic E-state index is 0.0345. The number of carbonyl (C=O) groups is 2. The topological polar surface area (TPSA) is 64.7 Å². The van der Waals surface area contributed by atoms with Crippen LogP contribution in [0.15, 0.2) is 18.2 Å². The molecule has 2 aliphatic heterocycles. The summed E-state index contributed by atoms with van der Waals surface area (Å²) in [5.74, 6) is 0.0634. The van der Waals surface area contributed by atoms with E-state index in [2.05, 4.69) is 22.5 Å². The number of likely N-dealkylation sites (tertiary alicyclic amines) is 1. The number of benzene rings is 1. The molecule has 1 fully saturated rings. The second-order valence-corrected chi connectivity index (χ2v) is 6.76. The minimum Gasteiger partial charge on any atom is -0.338 e. The average molecular weight is 344 g/mol. The molecular weight excluding hydrogens is 316 g/mol. The van der Waals surface area contributed by atoms with E-state index in [0.717, 1.165) is 55.7 Å². The zero-order chi connectivity index (χ0) is 17.8. The summed E-state index contributed by atoms with van der Waals surface area (Å²) in [5.41, 5.74) is 2.82. The number of nitrogens with one attached hydrogen (secondary N) is 2. The predicted molar refractivity (Wildman–Crippen MR) is 100 cm³/mol. The van der Waals surface area contributed by atoms with E-state index in [-0.39, 0.29) is 18.0 Å². The van der Waals surface area contributed by atoms with E-state index in [1.54, 1.807) is 4.90 Å². The molecule has 3 amide bonds. The van der Waals surface area contributed by atoms with Crippen LogP contribution < -0.4 is 15.5 Å². The van der Waals surface area contributed by atoms with Crippen LogP contribution in [0.1, 0.15) is 38.7 Å². The van der Waals surface area contributed by atoms with E-state index in [9.17, 15) is 9.59 Å². The molecule has 0 radical (unpaired) electrons. The lowest BCUT2D eigenvalue weighted by Gasteiger charge is -2.23. The van der Waals surface area contributed by atoms with Gasteiger partial charge in [-0.25, -0.2) is 4.79 Å². The van der Waals surface area contributed by atoms with Gasteiger partial charge in [0, 0.05) is 18.8 Å². The number of carbonyl (C=O) groups excluding carboxylic acids is 2. The Labute approximate surface area is 149 Å². The smallest absolute Gasteiger partial charge is 0.321 e. The highest BCUT2D eigenvalue weighted by molar-refractivity contribution is 5.98.